The van der Waals surface area contributed by atoms with Crippen LogP contribution in [0.4, 0.5) is 5.95 Å². The van der Waals surface area contributed by atoms with Crippen LogP contribution >= 0.6 is 0 Å². The summed E-state index contributed by atoms with van der Waals surface area (Å²) in [6.07, 6.45) is 7.16. The van der Waals surface area contributed by atoms with E-state index in [1.165, 1.54) is 10.9 Å². The predicted octanol–water partition coefficient (Wildman–Crippen LogP) is 3.02. The van der Waals surface area contributed by atoms with Crippen LogP contribution in [0.2, 0.25) is 0 Å². The molecule has 0 atom stereocenters. The molecule has 228 valence electrons. The molecule has 0 bridgehead atoms. The van der Waals surface area contributed by atoms with Gasteiger partial charge in [-0.05, 0) is 45.2 Å². The van der Waals surface area contributed by atoms with Crippen LogP contribution in [0.5, 0.6) is 0 Å². The van der Waals surface area contributed by atoms with Crippen LogP contribution in [-0.4, -0.2) is 85.8 Å². The van der Waals surface area contributed by atoms with Gasteiger partial charge in [0.05, 0.1) is 38.5 Å². The average Bonchev–Trinajstić information content (AvgIpc) is 3.25. The summed E-state index contributed by atoms with van der Waals surface area (Å²) in [7, 11) is 0. The summed E-state index contributed by atoms with van der Waals surface area (Å²) in [4.78, 5) is 41.5. The molecule has 4 rings (SSSR count). The zero-order chi connectivity index (χ0) is 30.1. The van der Waals surface area contributed by atoms with Crippen molar-refractivity contribution in [2.45, 2.75) is 71.1 Å². The molecule has 4 heterocycles. The highest BCUT2D eigenvalue weighted by Gasteiger charge is 2.25. The molecule has 0 aromatic carbocycles. The van der Waals surface area contributed by atoms with Gasteiger partial charge in [0.1, 0.15) is 11.0 Å². The normalized spacial score (nSPS) is 14.4. The topological polar surface area (TPSA) is 137 Å². The zero-order valence-corrected chi connectivity index (χ0v) is 24.9. The van der Waals surface area contributed by atoms with Crippen LogP contribution in [-0.2, 0) is 26.4 Å². The Kier molecular flexibility index (Phi) is 10.8. The van der Waals surface area contributed by atoms with Crippen molar-refractivity contribution in [2.24, 2.45) is 0 Å². The highest BCUT2D eigenvalue weighted by Crippen LogP contribution is 2.22. The number of allylic oxidation sites excluding steroid dienone is 1. The molecule has 1 fully saturated rings. The van der Waals surface area contributed by atoms with Crippen LogP contribution < -0.4 is 10.9 Å². The van der Waals surface area contributed by atoms with Gasteiger partial charge in [-0.1, -0.05) is 25.5 Å². The van der Waals surface area contributed by atoms with E-state index in [1.807, 2.05) is 4.90 Å². The molecular formula is C30H43N7O5. The predicted molar refractivity (Wildman–Crippen MR) is 161 cm³/mol. The van der Waals surface area contributed by atoms with Crippen molar-refractivity contribution in [1.29, 1.82) is 0 Å². The Labute approximate surface area is 246 Å². The first-order chi connectivity index (χ1) is 20.2. The Morgan fingerprint density at radius 1 is 1.17 bits per heavy atom. The number of pyridine rings is 1. The molecule has 42 heavy (non-hydrogen) atoms. The molecule has 0 unspecified atom stereocenters. The van der Waals surface area contributed by atoms with Gasteiger partial charge in [-0.2, -0.15) is 4.98 Å². The van der Waals surface area contributed by atoms with Crippen molar-refractivity contribution in [3.8, 4) is 5.82 Å². The number of aromatic nitrogens is 5. The molecule has 1 aliphatic heterocycles. The number of nitrogens with zero attached hydrogens (tertiary/aromatic N) is 6. The molecule has 1 amide bonds. The number of carbonyl (C=O) groups excluding carboxylic acids is 1. The fraction of sp³-hybridized carbons (Fsp3) is 0.567. The van der Waals surface area contributed by atoms with E-state index in [-0.39, 0.29) is 24.1 Å². The minimum Gasteiger partial charge on any atom is -0.384 e. The zero-order valence-electron chi connectivity index (χ0n) is 24.9. The lowest BCUT2D eigenvalue weighted by atomic mass is 10.0. The highest BCUT2D eigenvalue weighted by atomic mass is 16.5. The lowest BCUT2D eigenvalue weighted by molar-refractivity contribution is -0.133. The van der Waals surface area contributed by atoms with Crippen molar-refractivity contribution in [3.05, 3.63) is 53.1 Å². The fourth-order valence-corrected chi connectivity index (χ4v) is 4.84. The number of hydrogen-bond donors (Lipinski definition) is 2. The molecule has 0 saturated carbocycles. The first-order valence-corrected chi connectivity index (χ1v) is 14.7. The van der Waals surface area contributed by atoms with Gasteiger partial charge in [-0.3, -0.25) is 9.59 Å². The molecule has 0 aliphatic carbocycles. The van der Waals surface area contributed by atoms with E-state index < -0.39 is 5.60 Å². The van der Waals surface area contributed by atoms with E-state index in [0.29, 0.717) is 67.8 Å². The van der Waals surface area contributed by atoms with Crippen LogP contribution in [0, 0.1) is 0 Å². The van der Waals surface area contributed by atoms with Gasteiger partial charge in [0.2, 0.25) is 11.9 Å². The maximum Gasteiger partial charge on any atom is 0.278 e. The summed E-state index contributed by atoms with van der Waals surface area (Å²) < 4.78 is 14.2. The number of ether oxygens (including phenoxy) is 2. The molecular weight excluding hydrogens is 538 g/mol. The molecule has 3 aromatic heterocycles. The summed E-state index contributed by atoms with van der Waals surface area (Å²) in [5.74, 6) is 0.935. The maximum absolute atomic E-state index is 13.2. The Balaban J connectivity index is 1.39. The summed E-state index contributed by atoms with van der Waals surface area (Å²) in [5, 5.41) is 14.2. The maximum atomic E-state index is 13.2. The number of amides is 1. The van der Waals surface area contributed by atoms with Gasteiger partial charge in [0.15, 0.2) is 11.5 Å². The smallest absolute Gasteiger partial charge is 0.278 e. The van der Waals surface area contributed by atoms with Gasteiger partial charge in [-0.25, -0.2) is 19.3 Å². The molecule has 12 nitrogen and oxygen atoms in total. The fourth-order valence-electron chi connectivity index (χ4n) is 4.84. The monoisotopic (exact) mass is 581 g/mol. The average molecular weight is 582 g/mol. The van der Waals surface area contributed by atoms with Crippen molar-refractivity contribution in [3.63, 3.8) is 0 Å². The first-order valence-electron chi connectivity index (χ1n) is 14.7. The van der Waals surface area contributed by atoms with E-state index in [2.05, 4.69) is 28.8 Å². The highest BCUT2D eigenvalue weighted by molar-refractivity contribution is 5.77. The Bertz CT molecular complexity index is 1400. The number of nitrogens with one attached hydrogen (secondary N) is 1. The van der Waals surface area contributed by atoms with Crippen molar-refractivity contribution in [1.82, 2.24) is 29.2 Å². The van der Waals surface area contributed by atoms with Crippen LogP contribution in [0.3, 0.4) is 0 Å². The Morgan fingerprint density at radius 2 is 1.90 bits per heavy atom. The lowest BCUT2D eigenvalue weighted by Crippen LogP contribution is -2.42. The third kappa shape index (κ3) is 7.81. The molecule has 2 N–H and O–H groups in total. The summed E-state index contributed by atoms with van der Waals surface area (Å²) >= 11 is 0. The van der Waals surface area contributed by atoms with Gasteiger partial charge in [0.25, 0.3) is 5.56 Å². The third-order valence-corrected chi connectivity index (χ3v) is 7.21. The third-order valence-electron chi connectivity index (χ3n) is 7.21. The van der Waals surface area contributed by atoms with E-state index in [1.54, 1.807) is 42.8 Å². The molecule has 0 spiro atoms. The van der Waals surface area contributed by atoms with Crippen LogP contribution in [0.1, 0.15) is 58.6 Å². The number of piperidine rings is 1. The summed E-state index contributed by atoms with van der Waals surface area (Å²) in [6, 6.07) is 5.37. The molecule has 3 aromatic rings. The van der Waals surface area contributed by atoms with Gasteiger partial charge in [-0.15, -0.1) is 6.58 Å². The van der Waals surface area contributed by atoms with E-state index in [9.17, 15) is 14.7 Å². The van der Waals surface area contributed by atoms with Crippen molar-refractivity contribution in [2.75, 3.05) is 44.8 Å². The molecule has 0 radical (unpaired) electrons. The molecule has 1 aliphatic rings. The van der Waals surface area contributed by atoms with Crippen molar-refractivity contribution >= 4 is 22.9 Å². The number of hydrogen-bond acceptors (Lipinski definition) is 9. The molecule has 12 heteroatoms. The van der Waals surface area contributed by atoms with Crippen molar-refractivity contribution < 1.29 is 19.4 Å². The number of unbranched alkanes of at least 4 members (excludes halogenated alkanes) is 1. The Morgan fingerprint density at radius 3 is 2.60 bits per heavy atom. The lowest BCUT2D eigenvalue weighted by Gasteiger charge is -2.32. The number of likely N-dealkylation sites (tertiary alicyclic amines) is 1. The second kappa shape index (κ2) is 14.5. The largest absolute Gasteiger partial charge is 0.384 e. The van der Waals surface area contributed by atoms with E-state index >= 15 is 0 Å². The standard InChI is InChI=1S/C30H43N7O5/c1-5-7-17-41-19-20-42-18-13-26(38)35-15-11-22(12-16-35)32-29-31-21-23-27(34-29)37(36(14-6-2)28(23)39)25-10-8-9-24(33-25)30(3,4)40/h6,8-10,21-22,40H,2,5,7,11-20H2,1,3-4H3,(H,31,32,34). The van der Waals surface area contributed by atoms with Gasteiger partial charge >= 0.3 is 0 Å². The minimum absolute atomic E-state index is 0.0788. The van der Waals surface area contributed by atoms with E-state index in [4.69, 9.17) is 14.5 Å². The number of carbonyl (C=O) groups is 1. The van der Waals surface area contributed by atoms with Crippen LogP contribution in [0.15, 0.2) is 41.8 Å². The number of rotatable bonds is 15. The molecule has 1 saturated heterocycles. The number of aliphatic hydroxyl groups is 1. The van der Waals surface area contributed by atoms with Gasteiger partial charge < -0.3 is 24.8 Å². The quantitative estimate of drug-likeness (QED) is 0.205. The summed E-state index contributed by atoms with van der Waals surface area (Å²) in [6.45, 7) is 12.9. The SMILES string of the molecule is C=CCn1c(=O)c2cnc(NC3CCN(C(=O)CCOCCOCCCC)CC3)nc2n1-c1cccc(C(C)(C)O)n1. The first kappa shape index (κ1) is 31.3. The van der Waals surface area contributed by atoms with Crippen LogP contribution in [0.25, 0.3) is 16.9 Å². The van der Waals surface area contributed by atoms with E-state index in [0.717, 1.165) is 32.3 Å². The number of fused-ring (bicyclic) bond motifs is 1. The van der Waals surface area contributed by atoms with Gasteiger partial charge in [0, 0.05) is 31.9 Å². The Hall–Kier alpha value is -3.61. The summed E-state index contributed by atoms with van der Waals surface area (Å²) in [5.41, 5.74) is -0.540. The minimum atomic E-state index is -1.16. The number of anilines is 1. The second-order valence-corrected chi connectivity index (χ2v) is 11.0. The second-order valence-electron chi connectivity index (χ2n) is 11.0.